The number of anilines is 1. The number of nitrogens with zero attached hydrogens (tertiary/aromatic N) is 5. The Kier molecular flexibility index (Phi) is 4.19. The third-order valence-electron chi connectivity index (χ3n) is 3.68. The summed E-state index contributed by atoms with van der Waals surface area (Å²) in [6.07, 6.45) is -9.25. The van der Waals surface area contributed by atoms with Crippen LogP contribution in [0.5, 0.6) is 0 Å². The minimum Gasteiger partial charge on any atom is -0.358 e. The van der Waals surface area contributed by atoms with Crippen LogP contribution in [0.1, 0.15) is 17.9 Å². The number of likely N-dealkylation sites (tertiary alicyclic amines) is 1. The lowest BCUT2D eigenvalue weighted by Crippen LogP contribution is -2.39. The first-order valence-corrected chi connectivity index (χ1v) is 7.38. The number of hydrogen-bond donors (Lipinski definition) is 1. The lowest BCUT2D eigenvalue weighted by molar-refractivity contribution is -0.157. The van der Waals surface area contributed by atoms with Crippen LogP contribution >= 0.6 is 0 Å². The molecule has 26 heavy (non-hydrogen) atoms. The molecular weight excluding hydrogens is 370 g/mol. The SMILES string of the molecule is Cc1cc(NC2CCN(CC(F)(F)F)C2=O)n2nc(C(F)(F)F)nc2n1. The van der Waals surface area contributed by atoms with Gasteiger partial charge < -0.3 is 10.2 Å². The minimum absolute atomic E-state index is 0.0114. The van der Waals surface area contributed by atoms with Crippen molar-refractivity contribution in [2.45, 2.75) is 31.7 Å². The summed E-state index contributed by atoms with van der Waals surface area (Å²) in [6, 6.07) is 0.322. The van der Waals surface area contributed by atoms with Crippen LogP contribution in [0.25, 0.3) is 5.78 Å². The molecule has 0 bridgehead atoms. The van der Waals surface area contributed by atoms with E-state index in [2.05, 4.69) is 20.4 Å². The van der Waals surface area contributed by atoms with Crippen molar-refractivity contribution in [3.8, 4) is 0 Å². The van der Waals surface area contributed by atoms with Crippen molar-refractivity contribution in [2.75, 3.05) is 18.4 Å². The van der Waals surface area contributed by atoms with Gasteiger partial charge in [-0.1, -0.05) is 0 Å². The van der Waals surface area contributed by atoms with Gasteiger partial charge in [0.05, 0.1) is 0 Å². The highest BCUT2D eigenvalue weighted by molar-refractivity contribution is 5.86. The zero-order valence-corrected chi connectivity index (χ0v) is 13.2. The molecule has 0 aliphatic carbocycles. The standard InChI is InChI=1S/C13H12F6N6O/c1-6-4-8(25-11(20-6)22-10(23-25)13(17,18)19)21-7-2-3-24(9(7)26)5-12(14,15)16/h4,7,21H,2-3,5H2,1H3. The number of rotatable bonds is 3. The predicted octanol–water partition coefficient (Wildman–Crippen LogP) is 2.03. The molecule has 2 aromatic heterocycles. The summed E-state index contributed by atoms with van der Waals surface area (Å²) < 4.78 is 76.5. The zero-order valence-electron chi connectivity index (χ0n) is 13.2. The maximum Gasteiger partial charge on any atom is 0.453 e. The first-order chi connectivity index (χ1) is 11.9. The van der Waals surface area contributed by atoms with Gasteiger partial charge in [-0.05, 0) is 13.3 Å². The molecule has 142 valence electrons. The van der Waals surface area contributed by atoms with E-state index in [1.165, 1.54) is 13.0 Å². The van der Waals surface area contributed by atoms with Gasteiger partial charge in [-0.15, -0.1) is 5.10 Å². The van der Waals surface area contributed by atoms with Crippen LogP contribution in [0.15, 0.2) is 6.07 Å². The van der Waals surface area contributed by atoms with Crippen molar-refractivity contribution in [2.24, 2.45) is 0 Å². The molecule has 7 nitrogen and oxygen atoms in total. The monoisotopic (exact) mass is 382 g/mol. The molecule has 1 saturated heterocycles. The number of amides is 1. The van der Waals surface area contributed by atoms with E-state index in [-0.39, 0.29) is 24.6 Å². The molecule has 0 saturated carbocycles. The van der Waals surface area contributed by atoms with Crippen molar-refractivity contribution in [1.82, 2.24) is 24.5 Å². The summed E-state index contributed by atoms with van der Waals surface area (Å²) in [5, 5.41) is 5.97. The van der Waals surface area contributed by atoms with Crippen LogP contribution in [0.2, 0.25) is 0 Å². The Morgan fingerprint density at radius 3 is 2.54 bits per heavy atom. The molecule has 1 atom stereocenters. The third-order valence-corrected chi connectivity index (χ3v) is 3.68. The Balaban J connectivity index is 1.87. The quantitative estimate of drug-likeness (QED) is 0.823. The van der Waals surface area contributed by atoms with E-state index in [9.17, 15) is 31.1 Å². The van der Waals surface area contributed by atoms with Crippen molar-refractivity contribution >= 4 is 17.5 Å². The number of halogens is 6. The van der Waals surface area contributed by atoms with Crippen LogP contribution < -0.4 is 5.32 Å². The van der Waals surface area contributed by atoms with Crippen LogP contribution in [-0.4, -0.2) is 55.7 Å². The molecule has 2 aromatic rings. The fourth-order valence-corrected chi connectivity index (χ4v) is 2.63. The van der Waals surface area contributed by atoms with Crippen molar-refractivity contribution < 1.29 is 31.1 Å². The smallest absolute Gasteiger partial charge is 0.358 e. The summed E-state index contributed by atoms with van der Waals surface area (Å²) in [6.45, 7) is 0.00424. The predicted molar refractivity (Wildman–Crippen MR) is 75.2 cm³/mol. The minimum atomic E-state index is -4.79. The summed E-state index contributed by atoms with van der Waals surface area (Å²) in [7, 11) is 0. The third kappa shape index (κ3) is 3.65. The molecule has 13 heteroatoms. The highest BCUT2D eigenvalue weighted by Gasteiger charge is 2.40. The molecule has 1 unspecified atom stereocenters. The molecule has 1 amide bonds. The van der Waals surface area contributed by atoms with Gasteiger partial charge in [0.25, 0.3) is 11.6 Å². The van der Waals surface area contributed by atoms with Crippen molar-refractivity contribution in [3.63, 3.8) is 0 Å². The van der Waals surface area contributed by atoms with E-state index >= 15 is 0 Å². The second kappa shape index (κ2) is 5.99. The zero-order chi connectivity index (χ0) is 19.3. The van der Waals surface area contributed by atoms with E-state index in [4.69, 9.17) is 0 Å². The van der Waals surface area contributed by atoms with E-state index in [0.717, 1.165) is 4.52 Å². The highest BCUT2D eigenvalue weighted by Crippen LogP contribution is 2.28. The number of aryl methyl sites for hydroxylation is 1. The maximum absolute atomic E-state index is 12.8. The Labute approximate surface area is 142 Å². The molecule has 1 fully saturated rings. The average molecular weight is 382 g/mol. The second-order valence-electron chi connectivity index (χ2n) is 5.79. The summed E-state index contributed by atoms with van der Waals surface area (Å²) in [4.78, 5) is 19.9. The molecule has 1 aliphatic heterocycles. The number of fused-ring (bicyclic) bond motifs is 1. The van der Waals surface area contributed by atoms with Gasteiger partial charge >= 0.3 is 12.4 Å². The Morgan fingerprint density at radius 1 is 1.23 bits per heavy atom. The number of carbonyl (C=O) groups is 1. The molecule has 3 heterocycles. The lowest BCUT2D eigenvalue weighted by atomic mass is 10.2. The largest absolute Gasteiger partial charge is 0.453 e. The Bertz CT molecular complexity index is 844. The van der Waals surface area contributed by atoms with Gasteiger partial charge in [0, 0.05) is 18.3 Å². The fourth-order valence-electron chi connectivity index (χ4n) is 2.63. The van der Waals surface area contributed by atoms with E-state index in [1.54, 1.807) is 0 Å². The Hall–Kier alpha value is -2.60. The number of aromatic nitrogens is 4. The summed E-state index contributed by atoms with van der Waals surface area (Å²) in [5.41, 5.74) is 0.304. The van der Waals surface area contributed by atoms with Crippen LogP contribution in [-0.2, 0) is 11.0 Å². The van der Waals surface area contributed by atoms with Gasteiger partial charge in [-0.3, -0.25) is 4.79 Å². The van der Waals surface area contributed by atoms with E-state index in [0.29, 0.717) is 10.6 Å². The fraction of sp³-hybridized carbons (Fsp3) is 0.538. The lowest BCUT2D eigenvalue weighted by Gasteiger charge is -2.19. The normalized spacial score (nSPS) is 18.8. The molecule has 1 aliphatic rings. The molecule has 0 radical (unpaired) electrons. The molecule has 1 N–H and O–H groups in total. The van der Waals surface area contributed by atoms with E-state index < -0.39 is 36.7 Å². The van der Waals surface area contributed by atoms with Crippen molar-refractivity contribution in [1.29, 1.82) is 0 Å². The van der Waals surface area contributed by atoms with Gasteiger partial charge in [-0.25, -0.2) is 4.98 Å². The van der Waals surface area contributed by atoms with Crippen LogP contribution in [0.4, 0.5) is 32.2 Å². The van der Waals surface area contributed by atoms with Gasteiger partial charge in [0.15, 0.2) is 0 Å². The van der Waals surface area contributed by atoms with Crippen molar-refractivity contribution in [3.05, 3.63) is 17.6 Å². The highest BCUT2D eigenvalue weighted by atomic mass is 19.4. The number of hydrogen-bond acceptors (Lipinski definition) is 5. The summed E-state index contributed by atoms with van der Waals surface area (Å²) in [5.74, 6) is -2.55. The topological polar surface area (TPSA) is 75.4 Å². The molecule has 3 rings (SSSR count). The molecule has 0 spiro atoms. The van der Waals surface area contributed by atoms with E-state index in [1.807, 2.05) is 0 Å². The molecule has 0 aromatic carbocycles. The summed E-state index contributed by atoms with van der Waals surface area (Å²) >= 11 is 0. The van der Waals surface area contributed by atoms with Crippen LogP contribution in [0, 0.1) is 6.92 Å². The second-order valence-corrected chi connectivity index (χ2v) is 5.79. The Morgan fingerprint density at radius 2 is 1.92 bits per heavy atom. The van der Waals surface area contributed by atoms with Gasteiger partial charge in [0.1, 0.15) is 18.4 Å². The first-order valence-electron chi connectivity index (χ1n) is 7.38. The van der Waals surface area contributed by atoms with Gasteiger partial charge in [0.2, 0.25) is 5.91 Å². The number of nitrogens with one attached hydrogen (secondary N) is 1. The number of alkyl halides is 6. The molecular formula is C13H12F6N6O. The van der Waals surface area contributed by atoms with Gasteiger partial charge in [-0.2, -0.15) is 35.8 Å². The average Bonchev–Trinajstić information content (AvgIpc) is 3.04. The first kappa shape index (κ1) is 18.2. The van der Waals surface area contributed by atoms with Crippen LogP contribution in [0.3, 0.4) is 0 Å². The maximum atomic E-state index is 12.8. The number of carbonyl (C=O) groups excluding carboxylic acids is 1.